The number of carbonyl (C=O) groups excluding carboxylic acids is 1. The molecule has 6 heteroatoms. The predicted molar refractivity (Wildman–Crippen MR) is 90.7 cm³/mol. The van der Waals surface area contributed by atoms with Crippen LogP contribution in [-0.2, 0) is 0 Å². The molecular formula is C18H14N2O4. The number of aryl methyl sites for hydroxylation is 1. The van der Waals surface area contributed by atoms with Gasteiger partial charge in [0.1, 0.15) is 5.69 Å². The maximum Gasteiger partial charge on any atom is 0.352 e. The molecule has 1 amide bonds. The van der Waals surface area contributed by atoms with Crippen molar-refractivity contribution in [1.29, 1.82) is 0 Å². The number of rotatable bonds is 3. The third-order valence-corrected chi connectivity index (χ3v) is 3.65. The number of carboxylic acid groups (broad SMARTS) is 1. The predicted octanol–water partition coefficient (Wildman–Crippen LogP) is 2.79. The summed E-state index contributed by atoms with van der Waals surface area (Å²) >= 11 is 0. The molecule has 1 aromatic heterocycles. The highest BCUT2D eigenvalue weighted by Crippen LogP contribution is 2.20. The standard InChI is InChI=1S/C18H14N2O4/c1-10-5-7-11(8-6-10)17(22)20-13-4-2-3-12-16(13)15(21)9-14(19-12)18(23)24/h2-9H,1H3,(H,19,21)(H,20,22)(H,23,24). The van der Waals surface area contributed by atoms with Gasteiger partial charge in [0.2, 0.25) is 0 Å². The molecule has 120 valence electrons. The molecule has 0 saturated carbocycles. The van der Waals surface area contributed by atoms with Gasteiger partial charge >= 0.3 is 5.97 Å². The van der Waals surface area contributed by atoms with E-state index in [0.717, 1.165) is 11.6 Å². The second-order valence-electron chi connectivity index (χ2n) is 5.40. The monoisotopic (exact) mass is 322 g/mol. The molecule has 3 rings (SSSR count). The average Bonchev–Trinajstić information content (AvgIpc) is 2.55. The Morgan fingerprint density at radius 2 is 1.79 bits per heavy atom. The number of fused-ring (bicyclic) bond motifs is 1. The summed E-state index contributed by atoms with van der Waals surface area (Å²) in [5, 5.41) is 12.0. The van der Waals surface area contributed by atoms with Crippen molar-refractivity contribution in [2.24, 2.45) is 0 Å². The van der Waals surface area contributed by atoms with Gasteiger partial charge in [0, 0.05) is 11.6 Å². The van der Waals surface area contributed by atoms with Gasteiger partial charge in [0.15, 0.2) is 5.43 Å². The summed E-state index contributed by atoms with van der Waals surface area (Å²) in [4.78, 5) is 38.3. The van der Waals surface area contributed by atoms with Crippen LogP contribution in [0.5, 0.6) is 0 Å². The number of anilines is 1. The number of pyridine rings is 1. The number of hydrogen-bond acceptors (Lipinski definition) is 3. The number of nitrogens with one attached hydrogen (secondary N) is 2. The van der Waals surface area contributed by atoms with Gasteiger partial charge in [-0.1, -0.05) is 23.8 Å². The summed E-state index contributed by atoms with van der Waals surface area (Å²) in [6, 6.07) is 12.9. The minimum Gasteiger partial charge on any atom is -0.477 e. The first-order valence-corrected chi connectivity index (χ1v) is 7.23. The van der Waals surface area contributed by atoms with Crippen molar-refractivity contribution in [2.75, 3.05) is 5.32 Å². The molecule has 0 unspecified atom stereocenters. The van der Waals surface area contributed by atoms with Crippen LogP contribution in [0, 0.1) is 6.92 Å². The first kappa shape index (κ1) is 15.5. The van der Waals surface area contributed by atoms with Crippen molar-refractivity contribution in [3.63, 3.8) is 0 Å². The summed E-state index contributed by atoms with van der Waals surface area (Å²) in [7, 11) is 0. The van der Waals surface area contributed by atoms with E-state index in [4.69, 9.17) is 5.11 Å². The fraction of sp³-hybridized carbons (Fsp3) is 0.0556. The highest BCUT2D eigenvalue weighted by molar-refractivity contribution is 6.08. The number of aromatic amines is 1. The zero-order valence-corrected chi connectivity index (χ0v) is 12.8. The molecule has 0 saturated heterocycles. The van der Waals surface area contributed by atoms with Crippen LogP contribution in [0.1, 0.15) is 26.4 Å². The SMILES string of the molecule is Cc1ccc(C(=O)Nc2cccc3[nH]c(C(=O)O)cc(=O)c23)cc1. The Morgan fingerprint density at radius 1 is 1.08 bits per heavy atom. The summed E-state index contributed by atoms with van der Waals surface area (Å²) in [6.45, 7) is 1.92. The van der Waals surface area contributed by atoms with Crippen molar-refractivity contribution in [3.05, 3.63) is 75.6 Å². The third-order valence-electron chi connectivity index (χ3n) is 3.65. The van der Waals surface area contributed by atoms with E-state index >= 15 is 0 Å². The Bertz CT molecular complexity index is 1000. The summed E-state index contributed by atoms with van der Waals surface area (Å²) < 4.78 is 0. The molecule has 3 aromatic rings. The minimum absolute atomic E-state index is 0.200. The van der Waals surface area contributed by atoms with E-state index in [1.807, 2.05) is 19.1 Å². The average molecular weight is 322 g/mol. The van der Waals surface area contributed by atoms with E-state index < -0.39 is 11.4 Å². The van der Waals surface area contributed by atoms with Crippen LogP contribution in [0.2, 0.25) is 0 Å². The Hall–Kier alpha value is -3.41. The zero-order valence-electron chi connectivity index (χ0n) is 12.8. The molecule has 6 nitrogen and oxygen atoms in total. The van der Waals surface area contributed by atoms with Crippen molar-refractivity contribution in [3.8, 4) is 0 Å². The van der Waals surface area contributed by atoms with Crippen molar-refractivity contribution in [2.45, 2.75) is 6.92 Å². The van der Waals surface area contributed by atoms with Gasteiger partial charge in [0.05, 0.1) is 16.6 Å². The van der Waals surface area contributed by atoms with Gasteiger partial charge in [-0.3, -0.25) is 9.59 Å². The smallest absolute Gasteiger partial charge is 0.352 e. The molecule has 0 aliphatic rings. The number of hydrogen-bond donors (Lipinski definition) is 3. The Morgan fingerprint density at radius 3 is 2.46 bits per heavy atom. The number of benzene rings is 2. The molecule has 0 bridgehead atoms. The molecule has 0 fully saturated rings. The summed E-state index contributed by atoms with van der Waals surface area (Å²) in [5.74, 6) is -1.56. The molecule has 0 aliphatic carbocycles. The Labute approximate surface area is 136 Å². The number of carboxylic acids is 1. The lowest BCUT2D eigenvalue weighted by atomic mass is 10.1. The van der Waals surface area contributed by atoms with E-state index in [9.17, 15) is 14.4 Å². The maximum atomic E-state index is 12.3. The quantitative estimate of drug-likeness (QED) is 0.690. The third kappa shape index (κ3) is 2.89. The molecule has 24 heavy (non-hydrogen) atoms. The Kier molecular flexibility index (Phi) is 3.87. The molecule has 0 spiro atoms. The summed E-state index contributed by atoms with van der Waals surface area (Å²) in [5.41, 5.74) is 1.51. The zero-order chi connectivity index (χ0) is 17.3. The molecule has 0 radical (unpaired) electrons. The molecule has 2 aromatic carbocycles. The van der Waals surface area contributed by atoms with E-state index in [1.165, 1.54) is 0 Å². The normalized spacial score (nSPS) is 10.5. The second-order valence-corrected chi connectivity index (χ2v) is 5.40. The van der Waals surface area contributed by atoms with Crippen molar-refractivity contribution >= 4 is 28.5 Å². The lowest BCUT2D eigenvalue weighted by molar-refractivity contribution is 0.0690. The number of H-pyrrole nitrogens is 1. The van der Waals surface area contributed by atoms with Gasteiger partial charge in [-0.05, 0) is 31.2 Å². The van der Waals surface area contributed by atoms with Gasteiger partial charge in [-0.25, -0.2) is 4.79 Å². The van der Waals surface area contributed by atoms with Crippen LogP contribution in [0.15, 0.2) is 53.3 Å². The highest BCUT2D eigenvalue weighted by Gasteiger charge is 2.13. The topological polar surface area (TPSA) is 99.3 Å². The molecule has 1 heterocycles. The summed E-state index contributed by atoms with van der Waals surface area (Å²) in [6.07, 6.45) is 0. The minimum atomic E-state index is -1.22. The number of amides is 1. The fourth-order valence-corrected chi connectivity index (χ4v) is 2.43. The van der Waals surface area contributed by atoms with Crippen LogP contribution in [0.3, 0.4) is 0 Å². The van der Waals surface area contributed by atoms with Gasteiger partial charge < -0.3 is 15.4 Å². The van der Waals surface area contributed by atoms with Gasteiger partial charge in [-0.15, -0.1) is 0 Å². The highest BCUT2D eigenvalue weighted by atomic mass is 16.4. The molecular weight excluding hydrogens is 308 g/mol. The van der Waals surface area contributed by atoms with Crippen molar-refractivity contribution < 1.29 is 14.7 Å². The van der Waals surface area contributed by atoms with E-state index in [-0.39, 0.29) is 17.0 Å². The van der Waals surface area contributed by atoms with Crippen LogP contribution in [0.25, 0.3) is 10.9 Å². The van der Waals surface area contributed by atoms with Crippen LogP contribution in [-0.4, -0.2) is 22.0 Å². The van der Waals surface area contributed by atoms with Crippen LogP contribution >= 0.6 is 0 Å². The largest absolute Gasteiger partial charge is 0.477 e. The first-order valence-electron chi connectivity index (χ1n) is 7.23. The van der Waals surface area contributed by atoms with Crippen molar-refractivity contribution in [1.82, 2.24) is 4.98 Å². The fourth-order valence-electron chi connectivity index (χ4n) is 2.43. The molecule has 3 N–H and O–H groups in total. The van der Waals surface area contributed by atoms with Crippen LogP contribution in [0.4, 0.5) is 5.69 Å². The van der Waals surface area contributed by atoms with E-state index in [1.54, 1.807) is 30.3 Å². The molecule has 0 aliphatic heterocycles. The second kappa shape index (κ2) is 6.00. The van der Waals surface area contributed by atoms with E-state index in [2.05, 4.69) is 10.3 Å². The Balaban J connectivity index is 2.04. The maximum absolute atomic E-state index is 12.3. The van der Waals surface area contributed by atoms with Gasteiger partial charge in [-0.2, -0.15) is 0 Å². The lowest BCUT2D eigenvalue weighted by Crippen LogP contribution is -2.16. The molecule has 0 atom stereocenters. The van der Waals surface area contributed by atoms with Crippen LogP contribution < -0.4 is 10.7 Å². The van der Waals surface area contributed by atoms with E-state index in [0.29, 0.717) is 16.8 Å². The number of aromatic carboxylic acids is 1. The number of aromatic nitrogens is 1. The lowest BCUT2D eigenvalue weighted by Gasteiger charge is -2.09. The van der Waals surface area contributed by atoms with Gasteiger partial charge in [0.25, 0.3) is 5.91 Å². The first-order chi connectivity index (χ1) is 11.5. The number of carbonyl (C=O) groups is 2.